The molecule has 4 rings (SSSR count). The van der Waals surface area contributed by atoms with Gasteiger partial charge in [-0.1, -0.05) is 29.4 Å². The van der Waals surface area contributed by atoms with Gasteiger partial charge in [0, 0.05) is 13.0 Å². The second kappa shape index (κ2) is 8.86. The smallest absolute Gasteiger partial charge is 0.322 e. The summed E-state index contributed by atoms with van der Waals surface area (Å²) in [7, 11) is 0. The molecular weight excluding hydrogens is 384 g/mol. The number of urea groups is 1. The summed E-state index contributed by atoms with van der Waals surface area (Å²) in [4.78, 5) is 18.8. The average molecular weight is 408 g/mol. The summed E-state index contributed by atoms with van der Waals surface area (Å²) >= 11 is 0. The number of nitrogens with zero attached hydrogens (tertiary/aromatic N) is 3. The van der Waals surface area contributed by atoms with Crippen molar-refractivity contribution in [3.63, 3.8) is 0 Å². The molecule has 8 nitrogen and oxygen atoms in total. The molecule has 156 valence electrons. The summed E-state index contributed by atoms with van der Waals surface area (Å²) in [5, 5.41) is 6.78. The van der Waals surface area contributed by atoms with E-state index in [9.17, 15) is 4.79 Å². The van der Waals surface area contributed by atoms with Crippen LogP contribution in [0.4, 0.5) is 10.5 Å². The molecule has 0 saturated carbocycles. The summed E-state index contributed by atoms with van der Waals surface area (Å²) in [6.07, 6.45) is 0.612. The third-order valence-electron chi connectivity index (χ3n) is 4.80. The number of nitrogens with one attached hydrogen (secondary N) is 1. The van der Waals surface area contributed by atoms with Crippen molar-refractivity contribution < 1.29 is 18.8 Å². The van der Waals surface area contributed by atoms with Crippen molar-refractivity contribution in [2.24, 2.45) is 0 Å². The first-order chi connectivity index (χ1) is 14.6. The molecule has 0 aliphatic carbocycles. The van der Waals surface area contributed by atoms with Crippen LogP contribution in [0.1, 0.15) is 19.2 Å². The van der Waals surface area contributed by atoms with Gasteiger partial charge < -0.3 is 24.2 Å². The molecule has 1 fully saturated rings. The Kier molecular flexibility index (Phi) is 5.83. The lowest BCUT2D eigenvalue weighted by Crippen LogP contribution is -2.34. The number of aryl methyl sites for hydroxylation is 1. The third-order valence-corrected chi connectivity index (χ3v) is 4.80. The fourth-order valence-electron chi connectivity index (χ4n) is 3.39. The quantitative estimate of drug-likeness (QED) is 0.660. The second-order valence-corrected chi connectivity index (χ2v) is 6.98. The van der Waals surface area contributed by atoms with E-state index in [1.807, 2.05) is 55.5 Å². The molecule has 0 radical (unpaired) electrons. The highest BCUT2D eigenvalue weighted by atomic mass is 16.5. The Balaban J connectivity index is 1.40. The number of carbonyl (C=O) groups excluding carboxylic acids is 1. The number of hydrogen-bond acceptors (Lipinski definition) is 6. The SMILES string of the molecule is CCOc1ccccc1NC(=O)N1CCC(Oc2ccccc2-c2nc(C)no2)C1. The third kappa shape index (κ3) is 4.37. The zero-order valence-corrected chi connectivity index (χ0v) is 17.0. The van der Waals surface area contributed by atoms with Crippen molar-refractivity contribution in [1.82, 2.24) is 15.0 Å². The number of aromatic nitrogens is 2. The molecule has 30 heavy (non-hydrogen) atoms. The molecule has 1 saturated heterocycles. The Hall–Kier alpha value is -3.55. The van der Waals surface area contributed by atoms with Crippen LogP contribution < -0.4 is 14.8 Å². The number of amides is 2. The normalized spacial score (nSPS) is 15.8. The summed E-state index contributed by atoms with van der Waals surface area (Å²) in [6, 6.07) is 14.8. The number of benzene rings is 2. The Morgan fingerprint density at radius 1 is 1.20 bits per heavy atom. The van der Waals surface area contributed by atoms with E-state index in [0.717, 1.165) is 12.0 Å². The maximum Gasteiger partial charge on any atom is 0.322 e. The fraction of sp³-hybridized carbons (Fsp3) is 0.318. The number of hydrogen-bond donors (Lipinski definition) is 1. The molecule has 8 heteroatoms. The van der Waals surface area contributed by atoms with Gasteiger partial charge in [-0.2, -0.15) is 4.98 Å². The van der Waals surface area contributed by atoms with Crippen LogP contribution >= 0.6 is 0 Å². The standard InChI is InChI=1S/C22H24N4O4/c1-3-28-20-11-7-5-9-18(20)24-22(27)26-13-12-16(14-26)29-19-10-6-4-8-17(19)21-23-15(2)25-30-21/h4-11,16H,3,12-14H2,1-2H3,(H,24,27). The first kappa shape index (κ1) is 19.8. The molecule has 1 aliphatic heterocycles. The first-order valence-electron chi connectivity index (χ1n) is 9.98. The second-order valence-electron chi connectivity index (χ2n) is 6.98. The van der Waals surface area contributed by atoms with Crippen molar-refractivity contribution in [3.8, 4) is 23.0 Å². The molecule has 1 atom stereocenters. The molecule has 3 aromatic rings. The van der Waals surface area contributed by atoms with Gasteiger partial charge in [-0.25, -0.2) is 4.79 Å². The van der Waals surface area contributed by atoms with E-state index in [4.69, 9.17) is 14.0 Å². The zero-order chi connectivity index (χ0) is 20.9. The lowest BCUT2D eigenvalue weighted by Gasteiger charge is -2.19. The van der Waals surface area contributed by atoms with Gasteiger partial charge in [0.2, 0.25) is 0 Å². The van der Waals surface area contributed by atoms with Crippen molar-refractivity contribution in [2.45, 2.75) is 26.4 Å². The van der Waals surface area contributed by atoms with E-state index in [2.05, 4.69) is 15.5 Å². The molecule has 0 spiro atoms. The highest BCUT2D eigenvalue weighted by molar-refractivity contribution is 5.91. The van der Waals surface area contributed by atoms with Gasteiger partial charge >= 0.3 is 6.03 Å². The highest BCUT2D eigenvalue weighted by Gasteiger charge is 2.29. The van der Waals surface area contributed by atoms with E-state index >= 15 is 0 Å². The predicted molar refractivity (Wildman–Crippen MR) is 112 cm³/mol. The lowest BCUT2D eigenvalue weighted by molar-refractivity contribution is 0.195. The molecule has 2 amide bonds. The molecule has 1 N–H and O–H groups in total. The Labute approximate surface area is 174 Å². The van der Waals surface area contributed by atoms with Crippen LogP contribution in [0.3, 0.4) is 0 Å². The van der Waals surface area contributed by atoms with Crippen LogP contribution in [-0.4, -0.2) is 46.9 Å². The van der Waals surface area contributed by atoms with Gasteiger partial charge in [0.15, 0.2) is 5.82 Å². The minimum Gasteiger partial charge on any atom is -0.492 e. The van der Waals surface area contributed by atoms with Crippen molar-refractivity contribution >= 4 is 11.7 Å². The molecular formula is C22H24N4O4. The van der Waals surface area contributed by atoms with Crippen LogP contribution in [-0.2, 0) is 0 Å². The van der Waals surface area contributed by atoms with E-state index < -0.39 is 0 Å². The Morgan fingerprint density at radius 2 is 1.97 bits per heavy atom. The van der Waals surface area contributed by atoms with Crippen LogP contribution in [0.5, 0.6) is 11.5 Å². The maximum atomic E-state index is 12.7. The maximum absolute atomic E-state index is 12.7. The number of rotatable bonds is 6. The monoisotopic (exact) mass is 408 g/mol. The number of likely N-dealkylation sites (tertiary alicyclic amines) is 1. The minimum absolute atomic E-state index is 0.122. The van der Waals surface area contributed by atoms with Crippen LogP contribution in [0.25, 0.3) is 11.5 Å². The molecule has 2 heterocycles. The minimum atomic E-state index is -0.172. The number of ether oxygens (including phenoxy) is 2. The van der Waals surface area contributed by atoms with E-state index in [-0.39, 0.29) is 12.1 Å². The van der Waals surface area contributed by atoms with E-state index in [1.54, 1.807) is 11.8 Å². The number of anilines is 1. The molecule has 2 aromatic carbocycles. The average Bonchev–Trinajstić information content (AvgIpc) is 3.39. The highest BCUT2D eigenvalue weighted by Crippen LogP contribution is 2.31. The summed E-state index contributed by atoms with van der Waals surface area (Å²) < 4.78 is 17.1. The summed E-state index contributed by atoms with van der Waals surface area (Å²) in [6.45, 7) is 5.31. The number of para-hydroxylation sites is 3. The molecule has 1 aliphatic rings. The van der Waals surface area contributed by atoms with Crippen LogP contribution in [0, 0.1) is 6.92 Å². The van der Waals surface area contributed by atoms with Gasteiger partial charge in [-0.15, -0.1) is 0 Å². The van der Waals surface area contributed by atoms with Crippen LogP contribution in [0.15, 0.2) is 53.1 Å². The topological polar surface area (TPSA) is 89.7 Å². The Bertz CT molecular complexity index is 1020. The molecule has 1 unspecified atom stereocenters. The summed E-state index contributed by atoms with van der Waals surface area (Å²) in [5.74, 6) is 2.30. The fourth-order valence-corrected chi connectivity index (χ4v) is 3.39. The predicted octanol–water partition coefficient (Wildman–Crippen LogP) is 4.13. The largest absolute Gasteiger partial charge is 0.492 e. The van der Waals surface area contributed by atoms with Crippen molar-refractivity contribution in [2.75, 3.05) is 25.0 Å². The first-order valence-corrected chi connectivity index (χ1v) is 9.98. The zero-order valence-electron chi connectivity index (χ0n) is 17.0. The van der Waals surface area contributed by atoms with Crippen molar-refractivity contribution in [1.29, 1.82) is 0 Å². The Morgan fingerprint density at radius 3 is 2.73 bits per heavy atom. The van der Waals surface area contributed by atoms with Crippen molar-refractivity contribution in [3.05, 3.63) is 54.4 Å². The van der Waals surface area contributed by atoms with Gasteiger partial charge in [0.1, 0.15) is 17.6 Å². The molecule has 0 bridgehead atoms. The van der Waals surface area contributed by atoms with Gasteiger partial charge in [0.25, 0.3) is 5.89 Å². The lowest BCUT2D eigenvalue weighted by atomic mass is 10.2. The van der Waals surface area contributed by atoms with Crippen LogP contribution in [0.2, 0.25) is 0 Å². The van der Waals surface area contributed by atoms with E-state index in [0.29, 0.717) is 48.6 Å². The van der Waals surface area contributed by atoms with E-state index in [1.165, 1.54) is 0 Å². The van der Waals surface area contributed by atoms with Gasteiger partial charge in [-0.3, -0.25) is 0 Å². The molecule has 1 aromatic heterocycles. The van der Waals surface area contributed by atoms with Gasteiger partial charge in [-0.05, 0) is 38.1 Å². The van der Waals surface area contributed by atoms with Gasteiger partial charge in [0.05, 0.1) is 24.4 Å². The number of carbonyl (C=O) groups is 1. The summed E-state index contributed by atoms with van der Waals surface area (Å²) in [5.41, 5.74) is 1.40.